The molecule has 0 saturated carbocycles. The van der Waals surface area contributed by atoms with Crippen LogP contribution in [0.3, 0.4) is 0 Å². The van der Waals surface area contributed by atoms with E-state index in [1.54, 1.807) is 34.0 Å². The molecule has 6 aliphatic rings. The second-order valence-corrected chi connectivity index (χ2v) is 27.5. The van der Waals surface area contributed by atoms with Crippen molar-refractivity contribution in [3.63, 3.8) is 0 Å². The van der Waals surface area contributed by atoms with Crippen molar-refractivity contribution in [3.8, 4) is 11.1 Å². The predicted octanol–water partition coefficient (Wildman–Crippen LogP) is 6.51. The van der Waals surface area contributed by atoms with Gasteiger partial charge in [0, 0.05) is 132 Å². The van der Waals surface area contributed by atoms with Gasteiger partial charge in [-0.25, -0.2) is 19.0 Å². The first-order valence-electron chi connectivity index (χ1n) is 35.1. The standard InChI is InChI=1S/C71H89FN18O8/c1-82-59-38-56(57(72)37-52(59)39-76-82)55-7-6-8-58-65(55)66(80-90(58)44-61(91)74-40-54-43-89(81-79-54)45-64(94)98-2)49-21-31-86(32-22-49)63(93)14-13-62(92)85-29-15-46(16-30-85)42-83-27-17-50(18-28-83)70(96)88-35-23-51(24-36-88)71(97)87-33-19-48(20-34-87)47-9-11-53(12-10-47)77-69-67(68(73)95)75-41-60(78-69)84-25-4-3-5-26-84/h6-12,37-39,41,43,46,48-51H,3-5,13-36,40,42,44-45H2,1-2H3,(H2,73,95)(H,74,91)(H,77,78). The van der Waals surface area contributed by atoms with Crippen LogP contribution in [0, 0.1) is 23.6 Å². The number of carbonyl (C=O) groups is 7. The molecule has 3 aromatic carbocycles. The van der Waals surface area contributed by atoms with Gasteiger partial charge in [-0.05, 0) is 150 Å². The molecule has 0 spiro atoms. The maximum atomic E-state index is 16.1. The number of hydrogen-bond donors (Lipinski definition) is 3. The molecule has 0 atom stereocenters. The molecule has 10 heterocycles. The van der Waals surface area contributed by atoms with Crippen molar-refractivity contribution in [1.82, 2.24) is 74.3 Å². The van der Waals surface area contributed by atoms with Crippen LogP contribution in [0.1, 0.15) is 136 Å². The zero-order valence-electron chi connectivity index (χ0n) is 56.2. The number of aromatic nitrogens is 9. The van der Waals surface area contributed by atoms with E-state index < -0.39 is 17.7 Å². The molecule has 26 nitrogen and oxygen atoms in total. The normalized spacial score (nSPS) is 18.4. The number of nitrogens with two attached hydrogens (primary N) is 1. The van der Waals surface area contributed by atoms with Crippen LogP contribution in [0.4, 0.5) is 21.7 Å². The fourth-order valence-electron chi connectivity index (χ4n) is 15.6. The molecule has 0 unspecified atom stereocenters. The van der Waals surface area contributed by atoms with Gasteiger partial charge in [-0.2, -0.15) is 10.2 Å². The molecular weight excluding hydrogens is 1250 g/mol. The van der Waals surface area contributed by atoms with E-state index in [0.717, 1.165) is 106 Å². The Morgan fingerprint density at radius 3 is 1.97 bits per heavy atom. The number of ether oxygens (including phenoxy) is 1. The number of rotatable bonds is 20. The number of halogens is 1. The quantitative estimate of drug-likeness (QED) is 0.0685. The molecule has 6 amide bonds. The Labute approximate surface area is 568 Å². The van der Waals surface area contributed by atoms with Crippen LogP contribution in [0.2, 0.25) is 0 Å². The molecule has 0 radical (unpaired) electrons. The summed E-state index contributed by atoms with van der Waals surface area (Å²) in [5.74, 6) is 0.138. The highest BCUT2D eigenvalue weighted by molar-refractivity contribution is 6.00. The average molecular weight is 1340 g/mol. The highest BCUT2D eigenvalue weighted by atomic mass is 19.1. The van der Waals surface area contributed by atoms with Gasteiger partial charge in [-0.15, -0.1) is 5.10 Å². The van der Waals surface area contributed by atoms with Gasteiger partial charge in [-0.3, -0.25) is 42.9 Å². The summed E-state index contributed by atoms with van der Waals surface area (Å²) < 4.78 is 25.5. The summed E-state index contributed by atoms with van der Waals surface area (Å²) in [7, 11) is 3.10. The van der Waals surface area contributed by atoms with Crippen molar-refractivity contribution in [2.24, 2.45) is 30.5 Å². The molecule has 6 fully saturated rings. The van der Waals surface area contributed by atoms with E-state index in [9.17, 15) is 33.6 Å². The number of nitrogens with zero attached hydrogens (tertiary/aromatic N) is 15. The lowest BCUT2D eigenvalue weighted by Crippen LogP contribution is -2.49. The van der Waals surface area contributed by atoms with Crippen molar-refractivity contribution < 1.29 is 42.7 Å². The van der Waals surface area contributed by atoms with Gasteiger partial charge in [0.25, 0.3) is 5.91 Å². The number of likely N-dealkylation sites (tertiary alicyclic amines) is 5. The minimum atomic E-state index is -0.635. The lowest BCUT2D eigenvalue weighted by molar-refractivity contribution is -0.144. The number of fused-ring (bicyclic) bond motifs is 2. The Hall–Kier alpha value is -9.40. The summed E-state index contributed by atoms with van der Waals surface area (Å²) in [6, 6.07) is 17.0. The van der Waals surface area contributed by atoms with Gasteiger partial charge < -0.3 is 50.5 Å². The maximum absolute atomic E-state index is 16.1. The third-order valence-corrected chi connectivity index (χ3v) is 21.3. The highest BCUT2D eigenvalue weighted by Crippen LogP contribution is 2.41. The Bertz CT molecular complexity index is 4050. The van der Waals surface area contributed by atoms with E-state index in [4.69, 9.17) is 20.6 Å². The highest BCUT2D eigenvalue weighted by Gasteiger charge is 2.37. The fourth-order valence-corrected chi connectivity index (χ4v) is 15.6. The second-order valence-electron chi connectivity index (χ2n) is 27.5. The summed E-state index contributed by atoms with van der Waals surface area (Å²) in [6.45, 7) is 9.13. The van der Waals surface area contributed by atoms with E-state index in [-0.39, 0.29) is 85.5 Å². The number of amides is 6. The monoisotopic (exact) mass is 1340 g/mol. The van der Waals surface area contributed by atoms with E-state index >= 15 is 4.39 Å². The van der Waals surface area contributed by atoms with E-state index in [1.807, 2.05) is 57.0 Å². The molecule has 98 heavy (non-hydrogen) atoms. The lowest BCUT2D eigenvalue weighted by Gasteiger charge is -2.40. The zero-order chi connectivity index (χ0) is 68.0. The molecule has 0 aliphatic carbocycles. The molecule has 7 aromatic rings. The summed E-state index contributed by atoms with van der Waals surface area (Å²) >= 11 is 0. The van der Waals surface area contributed by atoms with Crippen LogP contribution in [0.25, 0.3) is 32.9 Å². The van der Waals surface area contributed by atoms with Gasteiger partial charge in [0.2, 0.25) is 29.5 Å². The Morgan fingerprint density at radius 2 is 1.31 bits per heavy atom. The zero-order valence-corrected chi connectivity index (χ0v) is 56.2. The first kappa shape index (κ1) is 67.2. The average Bonchev–Trinajstić information content (AvgIpc) is 1.57. The molecule has 27 heteroatoms. The molecule has 4 aromatic heterocycles. The van der Waals surface area contributed by atoms with Gasteiger partial charge in [0.05, 0.1) is 49.0 Å². The second kappa shape index (κ2) is 30.2. The number of hydrogen-bond acceptors (Lipinski definition) is 17. The van der Waals surface area contributed by atoms with Crippen molar-refractivity contribution >= 4 is 80.5 Å². The summed E-state index contributed by atoms with van der Waals surface area (Å²) in [4.78, 5) is 114. The Balaban J connectivity index is 0.521. The summed E-state index contributed by atoms with van der Waals surface area (Å²) in [6.07, 6.45) is 16.2. The smallest absolute Gasteiger partial charge is 0.327 e. The first-order chi connectivity index (χ1) is 47.6. The van der Waals surface area contributed by atoms with Crippen LogP contribution in [0.15, 0.2) is 73.2 Å². The largest absolute Gasteiger partial charge is 0.468 e. The first-order valence-corrected chi connectivity index (χ1v) is 35.1. The van der Waals surface area contributed by atoms with Crippen LogP contribution < -0.4 is 21.3 Å². The Kier molecular flexibility index (Phi) is 20.7. The van der Waals surface area contributed by atoms with Gasteiger partial charge in [0.15, 0.2) is 11.5 Å². The van der Waals surface area contributed by atoms with Crippen LogP contribution in [0.5, 0.6) is 0 Å². The lowest BCUT2D eigenvalue weighted by atomic mass is 9.87. The number of methoxy groups -OCH3 is 1. The van der Waals surface area contributed by atoms with Crippen molar-refractivity contribution in [2.45, 2.75) is 128 Å². The molecular formula is C71H89FN18O8. The van der Waals surface area contributed by atoms with E-state index in [2.05, 4.69) is 53.0 Å². The number of piperidine rings is 6. The van der Waals surface area contributed by atoms with Crippen LogP contribution in [-0.2, 0) is 60.2 Å². The molecule has 6 saturated heterocycles. The van der Waals surface area contributed by atoms with Gasteiger partial charge in [-0.1, -0.05) is 29.5 Å². The molecule has 518 valence electrons. The topological polar surface area (TPSA) is 290 Å². The third kappa shape index (κ3) is 15.3. The van der Waals surface area contributed by atoms with E-state index in [1.165, 1.54) is 29.8 Å². The number of primary amides is 1. The molecule has 0 bridgehead atoms. The molecule has 6 aliphatic heterocycles. The third-order valence-electron chi connectivity index (χ3n) is 21.3. The summed E-state index contributed by atoms with van der Waals surface area (Å²) in [5, 5.41) is 24.9. The van der Waals surface area contributed by atoms with Gasteiger partial charge >= 0.3 is 5.97 Å². The molecule has 4 N–H and O–H groups in total. The number of benzene rings is 3. The number of carbonyl (C=O) groups excluding carboxylic acids is 7. The van der Waals surface area contributed by atoms with Crippen LogP contribution in [-0.4, -0.2) is 203 Å². The fraction of sp³-hybridized carbons (Fsp3) is 0.535. The minimum Gasteiger partial charge on any atom is -0.468 e. The number of anilines is 3. The van der Waals surface area contributed by atoms with Crippen LogP contribution >= 0.6 is 0 Å². The maximum Gasteiger partial charge on any atom is 0.327 e. The predicted molar refractivity (Wildman–Crippen MR) is 364 cm³/mol. The number of nitrogens with one attached hydrogen (secondary N) is 2. The van der Waals surface area contributed by atoms with Crippen molar-refractivity contribution in [1.29, 1.82) is 0 Å². The van der Waals surface area contributed by atoms with E-state index in [0.29, 0.717) is 129 Å². The minimum absolute atomic E-state index is 0.00600. The summed E-state index contributed by atoms with van der Waals surface area (Å²) in [5.41, 5.74) is 11.4. The SMILES string of the molecule is COC(=O)Cn1cc(CNC(=O)Cn2nc(C3CCN(C(=O)CCC(=O)N4CCC(CN5CCC(C(=O)N6CCC(C(=O)N7CCC(c8ccc(Nc9nc(N%10CCCCC%10)cnc9C(N)=O)cc8)CC7)CC6)CC5)CC4)CC3)c3c(-c4cc5c(cnn5C)cc4F)cccc32)nn1. The van der Waals surface area contributed by atoms with Crippen molar-refractivity contribution in [3.05, 3.63) is 102 Å². The molecule has 13 rings (SSSR count). The Morgan fingerprint density at radius 1 is 0.673 bits per heavy atom. The number of esters is 1. The van der Waals surface area contributed by atoms with Gasteiger partial charge in [0.1, 0.15) is 30.4 Å². The van der Waals surface area contributed by atoms with Crippen molar-refractivity contribution in [2.75, 3.05) is 102 Å². The number of aryl methyl sites for hydroxylation is 1.